The van der Waals surface area contributed by atoms with Crippen LogP contribution in [0.25, 0.3) is 0 Å². The molecule has 6 heteroatoms. The molecule has 2 amide bonds. The van der Waals surface area contributed by atoms with Crippen molar-refractivity contribution in [2.75, 3.05) is 32.7 Å². The molecule has 1 heterocycles. The minimum atomic E-state index is -0.891. The van der Waals surface area contributed by atoms with Gasteiger partial charge in [0.05, 0.1) is 5.92 Å². The smallest absolute Gasteiger partial charge is 0.317 e. The van der Waals surface area contributed by atoms with Gasteiger partial charge in [0.2, 0.25) is 0 Å². The first-order valence-electron chi connectivity index (χ1n) is 5.57. The van der Waals surface area contributed by atoms with E-state index in [2.05, 4.69) is 10.6 Å². The van der Waals surface area contributed by atoms with Crippen LogP contribution in [0, 0.1) is 5.92 Å². The van der Waals surface area contributed by atoms with Crippen LogP contribution in [-0.2, 0) is 4.79 Å². The Kier molecular flexibility index (Phi) is 5.04. The minimum absolute atomic E-state index is 0.170. The number of amides is 2. The van der Waals surface area contributed by atoms with Crippen LogP contribution in [-0.4, -0.2) is 54.7 Å². The maximum Gasteiger partial charge on any atom is 0.317 e. The van der Waals surface area contributed by atoms with Crippen LogP contribution in [0.1, 0.15) is 13.3 Å². The van der Waals surface area contributed by atoms with E-state index in [1.54, 1.807) is 11.8 Å². The highest BCUT2D eigenvalue weighted by molar-refractivity contribution is 5.75. The summed E-state index contributed by atoms with van der Waals surface area (Å²) in [5, 5.41) is 14.5. The first-order valence-corrected chi connectivity index (χ1v) is 5.57. The Morgan fingerprint density at radius 3 is 2.88 bits per heavy atom. The van der Waals surface area contributed by atoms with Gasteiger partial charge >= 0.3 is 12.0 Å². The first kappa shape index (κ1) is 12.8. The maximum atomic E-state index is 11.7. The number of nitrogens with one attached hydrogen (secondary N) is 2. The molecule has 0 aromatic rings. The van der Waals surface area contributed by atoms with E-state index in [4.69, 9.17) is 5.11 Å². The second kappa shape index (κ2) is 6.32. The van der Waals surface area contributed by atoms with Crippen LogP contribution >= 0.6 is 0 Å². The van der Waals surface area contributed by atoms with E-state index < -0.39 is 11.9 Å². The number of urea groups is 1. The first-order chi connectivity index (χ1) is 7.61. The van der Waals surface area contributed by atoms with Crippen molar-refractivity contribution in [2.24, 2.45) is 5.92 Å². The summed E-state index contributed by atoms with van der Waals surface area (Å²) in [5.41, 5.74) is 0. The molecule has 16 heavy (non-hydrogen) atoms. The van der Waals surface area contributed by atoms with Crippen molar-refractivity contribution in [1.29, 1.82) is 0 Å². The van der Waals surface area contributed by atoms with Gasteiger partial charge in [-0.1, -0.05) is 6.92 Å². The fraction of sp³-hybridized carbons (Fsp3) is 0.800. The second-order valence-electron chi connectivity index (χ2n) is 4.02. The van der Waals surface area contributed by atoms with Gasteiger partial charge in [0.1, 0.15) is 0 Å². The summed E-state index contributed by atoms with van der Waals surface area (Å²) in [5.74, 6) is -1.44. The number of carboxylic acids is 1. The summed E-state index contributed by atoms with van der Waals surface area (Å²) in [6.45, 7) is 4.87. The molecule has 1 saturated heterocycles. The number of hydrogen-bond acceptors (Lipinski definition) is 3. The molecule has 1 aliphatic rings. The summed E-state index contributed by atoms with van der Waals surface area (Å²) >= 11 is 0. The Morgan fingerprint density at radius 2 is 2.19 bits per heavy atom. The molecule has 1 rings (SSSR count). The van der Waals surface area contributed by atoms with Gasteiger partial charge in [-0.2, -0.15) is 0 Å². The van der Waals surface area contributed by atoms with Crippen LogP contribution in [0.5, 0.6) is 0 Å². The van der Waals surface area contributed by atoms with Gasteiger partial charge in [0.25, 0.3) is 0 Å². The van der Waals surface area contributed by atoms with Crippen LogP contribution < -0.4 is 10.6 Å². The van der Waals surface area contributed by atoms with E-state index in [0.29, 0.717) is 6.54 Å². The van der Waals surface area contributed by atoms with Crippen molar-refractivity contribution in [3.63, 3.8) is 0 Å². The lowest BCUT2D eigenvalue weighted by atomic mass is 10.2. The van der Waals surface area contributed by atoms with Crippen molar-refractivity contribution in [3.8, 4) is 0 Å². The molecule has 0 aromatic carbocycles. The second-order valence-corrected chi connectivity index (χ2v) is 4.02. The molecule has 6 nitrogen and oxygen atoms in total. The fourth-order valence-corrected chi connectivity index (χ4v) is 1.49. The van der Waals surface area contributed by atoms with Crippen molar-refractivity contribution in [1.82, 2.24) is 15.5 Å². The number of aliphatic carboxylic acids is 1. The molecule has 0 spiro atoms. The minimum Gasteiger partial charge on any atom is -0.481 e. The predicted molar refractivity (Wildman–Crippen MR) is 59.3 cm³/mol. The summed E-state index contributed by atoms with van der Waals surface area (Å²) in [6.07, 6.45) is 0.932. The lowest BCUT2D eigenvalue weighted by Gasteiger charge is -2.21. The van der Waals surface area contributed by atoms with Gasteiger partial charge in [-0.3, -0.25) is 4.79 Å². The Morgan fingerprint density at radius 1 is 1.44 bits per heavy atom. The molecular weight excluding hydrogens is 210 g/mol. The Labute approximate surface area is 95.0 Å². The molecule has 1 fully saturated rings. The monoisotopic (exact) mass is 229 g/mol. The van der Waals surface area contributed by atoms with E-state index in [1.165, 1.54) is 0 Å². The third-order valence-electron chi connectivity index (χ3n) is 2.61. The zero-order chi connectivity index (χ0) is 12.0. The van der Waals surface area contributed by atoms with Gasteiger partial charge in [-0.25, -0.2) is 4.79 Å². The van der Waals surface area contributed by atoms with Gasteiger partial charge in [-0.05, 0) is 13.0 Å². The summed E-state index contributed by atoms with van der Waals surface area (Å²) < 4.78 is 0. The molecule has 92 valence electrons. The van der Waals surface area contributed by atoms with Gasteiger partial charge in [0, 0.05) is 26.2 Å². The number of carboxylic acid groups (broad SMARTS) is 1. The fourth-order valence-electron chi connectivity index (χ4n) is 1.49. The van der Waals surface area contributed by atoms with E-state index in [-0.39, 0.29) is 12.6 Å². The van der Waals surface area contributed by atoms with Gasteiger partial charge in [-0.15, -0.1) is 0 Å². The summed E-state index contributed by atoms with van der Waals surface area (Å²) in [6, 6.07) is -0.170. The Hall–Kier alpha value is -1.30. The van der Waals surface area contributed by atoms with Crippen molar-refractivity contribution < 1.29 is 14.7 Å². The zero-order valence-electron chi connectivity index (χ0n) is 9.53. The van der Waals surface area contributed by atoms with Gasteiger partial charge in [0.15, 0.2) is 0 Å². The van der Waals surface area contributed by atoms with Crippen LogP contribution in [0.2, 0.25) is 0 Å². The molecule has 1 atom stereocenters. The highest BCUT2D eigenvalue weighted by Gasteiger charge is 2.17. The average molecular weight is 229 g/mol. The van der Waals surface area contributed by atoms with Gasteiger partial charge < -0.3 is 20.6 Å². The van der Waals surface area contributed by atoms with E-state index in [0.717, 1.165) is 26.1 Å². The number of carbonyl (C=O) groups excluding carboxylic acids is 1. The van der Waals surface area contributed by atoms with Crippen LogP contribution in [0.15, 0.2) is 0 Å². The average Bonchev–Trinajstić information content (AvgIpc) is 2.53. The molecule has 1 aliphatic heterocycles. The highest BCUT2D eigenvalue weighted by Crippen LogP contribution is 1.97. The van der Waals surface area contributed by atoms with E-state index in [1.807, 2.05) is 0 Å². The number of nitrogens with zero attached hydrogens (tertiary/aromatic N) is 1. The number of rotatable bonds is 3. The zero-order valence-corrected chi connectivity index (χ0v) is 9.53. The SMILES string of the molecule is CC(CNC(=O)N1CCCNCC1)C(=O)O. The van der Waals surface area contributed by atoms with Crippen molar-refractivity contribution in [2.45, 2.75) is 13.3 Å². The summed E-state index contributed by atoms with van der Waals surface area (Å²) in [4.78, 5) is 24.0. The Bertz CT molecular complexity index is 250. The topological polar surface area (TPSA) is 81.7 Å². The number of hydrogen-bond donors (Lipinski definition) is 3. The lowest BCUT2D eigenvalue weighted by Crippen LogP contribution is -2.43. The normalized spacial score (nSPS) is 18.7. The van der Waals surface area contributed by atoms with E-state index in [9.17, 15) is 9.59 Å². The molecule has 0 aliphatic carbocycles. The quantitative estimate of drug-likeness (QED) is 0.621. The largest absolute Gasteiger partial charge is 0.481 e. The summed E-state index contributed by atoms with van der Waals surface area (Å²) in [7, 11) is 0. The maximum absolute atomic E-state index is 11.7. The standard InChI is InChI=1S/C10H19N3O3/c1-8(9(14)15)7-12-10(16)13-5-2-3-11-4-6-13/h8,11H,2-7H2,1H3,(H,12,16)(H,14,15). The lowest BCUT2D eigenvalue weighted by molar-refractivity contribution is -0.140. The molecule has 0 aromatic heterocycles. The molecular formula is C10H19N3O3. The highest BCUT2D eigenvalue weighted by atomic mass is 16.4. The molecule has 0 saturated carbocycles. The van der Waals surface area contributed by atoms with E-state index >= 15 is 0 Å². The van der Waals surface area contributed by atoms with Crippen LogP contribution in [0.4, 0.5) is 4.79 Å². The Balaban J connectivity index is 2.30. The number of carbonyl (C=O) groups is 2. The third kappa shape index (κ3) is 4.06. The molecule has 1 unspecified atom stereocenters. The van der Waals surface area contributed by atoms with Crippen molar-refractivity contribution in [3.05, 3.63) is 0 Å². The molecule has 0 bridgehead atoms. The van der Waals surface area contributed by atoms with Crippen LogP contribution in [0.3, 0.4) is 0 Å². The van der Waals surface area contributed by atoms with Crippen molar-refractivity contribution >= 4 is 12.0 Å². The molecule has 0 radical (unpaired) electrons. The third-order valence-corrected chi connectivity index (χ3v) is 2.61. The molecule has 3 N–H and O–H groups in total. The predicted octanol–water partition coefficient (Wildman–Crippen LogP) is -0.288.